The Balaban J connectivity index is 2.04. The van der Waals surface area contributed by atoms with E-state index in [1.807, 2.05) is 0 Å². The molecule has 0 atom stereocenters. The first-order chi connectivity index (χ1) is 8.58. The molecule has 0 radical (unpaired) electrons. The molecule has 2 nitrogen and oxygen atoms in total. The maximum atomic E-state index is 13.4. The Labute approximate surface area is 113 Å². The Morgan fingerprint density at radius 2 is 1.72 bits per heavy atom. The van der Waals surface area contributed by atoms with Crippen LogP contribution < -0.4 is 5.32 Å². The molecule has 0 spiro atoms. The van der Waals surface area contributed by atoms with Crippen molar-refractivity contribution in [2.45, 2.75) is 36.6 Å². The summed E-state index contributed by atoms with van der Waals surface area (Å²) in [5.74, 6) is -2.30. The highest BCUT2D eigenvalue weighted by Gasteiger charge is 2.23. The lowest BCUT2D eigenvalue weighted by atomic mass is 9.95. The van der Waals surface area contributed by atoms with Gasteiger partial charge in [0.2, 0.25) is 0 Å². The zero-order valence-electron chi connectivity index (χ0n) is 9.76. The number of hydrogen-bond donors (Lipinski definition) is 1. The minimum atomic E-state index is -0.818. The first-order valence-corrected chi connectivity index (χ1v) is 6.88. The average molecular weight is 318 g/mol. The number of hydrogen-bond acceptors (Lipinski definition) is 1. The fourth-order valence-electron chi connectivity index (χ4n) is 2.17. The van der Waals surface area contributed by atoms with Crippen molar-refractivity contribution in [3.63, 3.8) is 0 Å². The summed E-state index contributed by atoms with van der Waals surface area (Å²) in [5, 5.41) is 2.70. The van der Waals surface area contributed by atoms with E-state index in [-0.39, 0.29) is 6.04 Å². The molecule has 1 N–H and O–H groups in total. The summed E-state index contributed by atoms with van der Waals surface area (Å²) in [4.78, 5) is 12.3. The van der Waals surface area contributed by atoms with Crippen molar-refractivity contribution in [3.8, 4) is 0 Å². The highest BCUT2D eigenvalue weighted by Crippen LogP contribution is 2.24. The minimum Gasteiger partial charge on any atom is -0.349 e. The van der Waals surface area contributed by atoms with Crippen LogP contribution in [0.15, 0.2) is 18.2 Å². The molecule has 0 aromatic heterocycles. The molecule has 0 heterocycles. The van der Waals surface area contributed by atoms with E-state index in [2.05, 4.69) is 21.2 Å². The number of amides is 1. The molecule has 1 saturated carbocycles. The van der Waals surface area contributed by atoms with Crippen LogP contribution in [0.25, 0.3) is 0 Å². The number of benzene rings is 1. The van der Waals surface area contributed by atoms with Gasteiger partial charge in [0, 0.05) is 10.9 Å². The van der Waals surface area contributed by atoms with Gasteiger partial charge in [0.15, 0.2) is 0 Å². The van der Waals surface area contributed by atoms with E-state index in [1.165, 1.54) is 6.07 Å². The van der Waals surface area contributed by atoms with E-state index >= 15 is 0 Å². The predicted molar refractivity (Wildman–Crippen MR) is 68.8 cm³/mol. The maximum absolute atomic E-state index is 13.4. The van der Waals surface area contributed by atoms with Crippen molar-refractivity contribution < 1.29 is 13.6 Å². The zero-order valence-corrected chi connectivity index (χ0v) is 11.3. The van der Waals surface area contributed by atoms with Crippen LogP contribution >= 0.6 is 15.9 Å². The lowest BCUT2D eigenvalue weighted by Crippen LogP contribution is -2.38. The van der Waals surface area contributed by atoms with Gasteiger partial charge in [-0.2, -0.15) is 0 Å². The molecule has 2 rings (SSSR count). The molecule has 1 aromatic carbocycles. The number of carbonyl (C=O) groups excluding carboxylic acids is 1. The van der Waals surface area contributed by atoms with Crippen molar-refractivity contribution in [1.82, 2.24) is 5.32 Å². The summed E-state index contributed by atoms with van der Waals surface area (Å²) in [6.07, 6.45) is 3.59. The van der Waals surface area contributed by atoms with Crippen molar-refractivity contribution in [2.24, 2.45) is 0 Å². The number of nitrogens with one attached hydrogen (secondary N) is 1. The third-order valence-electron chi connectivity index (χ3n) is 3.18. The highest BCUT2D eigenvalue weighted by molar-refractivity contribution is 9.09. The van der Waals surface area contributed by atoms with Crippen molar-refractivity contribution >= 4 is 21.8 Å². The second-order valence-electron chi connectivity index (χ2n) is 4.52. The van der Waals surface area contributed by atoms with Gasteiger partial charge < -0.3 is 5.32 Å². The summed E-state index contributed by atoms with van der Waals surface area (Å²) in [5.41, 5.74) is -0.488. The molecule has 1 amide bonds. The van der Waals surface area contributed by atoms with Crippen molar-refractivity contribution in [2.75, 3.05) is 0 Å². The van der Waals surface area contributed by atoms with Gasteiger partial charge in [0.1, 0.15) is 17.2 Å². The van der Waals surface area contributed by atoms with E-state index in [9.17, 15) is 13.6 Å². The van der Waals surface area contributed by atoms with Crippen LogP contribution in [-0.4, -0.2) is 16.8 Å². The fraction of sp³-hybridized carbons (Fsp3) is 0.462. The van der Waals surface area contributed by atoms with Crippen LogP contribution in [0.3, 0.4) is 0 Å². The van der Waals surface area contributed by atoms with Crippen LogP contribution in [0, 0.1) is 11.6 Å². The Hall–Kier alpha value is -0.970. The van der Waals surface area contributed by atoms with Gasteiger partial charge in [-0.3, -0.25) is 4.79 Å². The second-order valence-corrected chi connectivity index (χ2v) is 5.81. The van der Waals surface area contributed by atoms with Crippen molar-refractivity contribution in [3.05, 3.63) is 35.4 Å². The molecule has 1 aromatic rings. The smallest absolute Gasteiger partial charge is 0.257 e. The van der Waals surface area contributed by atoms with E-state index < -0.39 is 23.1 Å². The number of rotatable bonds is 2. The normalized spacial score (nSPS) is 23.7. The average Bonchev–Trinajstić information content (AvgIpc) is 2.32. The molecule has 0 saturated heterocycles. The molecule has 0 unspecified atom stereocenters. The van der Waals surface area contributed by atoms with Crippen LogP contribution in [0.4, 0.5) is 8.78 Å². The fourth-order valence-corrected chi connectivity index (χ4v) is 2.70. The monoisotopic (exact) mass is 317 g/mol. The Morgan fingerprint density at radius 3 is 2.28 bits per heavy atom. The minimum absolute atomic E-state index is 0.00491. The molecule has 1 aliphatic carbocycles. The van der Waals surface area contributed by atoms with Gasteiger partial charge in [-0.15, -0.1) is 0 Å². The Morgan fingerprint density at radius 1 is 1.17 bits per heavy atom. The van der Waals surface area contributed by atoms with Crippen LogP contribution in [0.1, 0.15) is 36.0 Å². The van der Waals surface area contributed by atoms with Crippen LogP contribution in [0.5, 0.6) is 0 Å². The summed E-state index contributed by atoms with van der Waals surface area (Å²) >= 11 is 3.52. The molecular formula is C13H14BrF2NO. The maximum Gasteiger partial charge on any atom is 0.257 e. The summed E-state index contributed by atoms with van der Waals surface area (Å²) in [6.45, 7) is 0. The zero-order chi connectivity index (χ0) is 13.1. The molecule has 0 aliphatic heterocycles. The first-order valence-electron chi connectivity index (χ1n) is 5.97. The van der Waals surface area contributed by atoms with Gasteiger partial charge in [-0.05, 0) is 37.8 Å². The molecular weight excluding hydrogens is 304 g/mol. The van der Waals surface area contributed by atoms with Gasteiger partial charge in [0.25, 0.3) is 5.91 Å². The molecule has 98 valence electrons. The van der Waals surface area contributed by atoms with Gasteiger partial charge in [0.05, 0.1) is 0 Å². The van der Waals surface area contributed by atoms with Crippen LogP contribution in [0.2, 0.25) is 0 Å². The summed E-state index contributed by atoms with van der Waals surface area (Å²) in [7, 11) is 0. The summed E-state index contributed by atoms with van der Waals surface area (Å²) in [6, 6.07) is 3.43. The summed E-state index contributed by atoms with van der Waals surface area (Å²) < 4.78 is 26.8. The van der Waals surface area contributed by atoms with Gasteiger partial charge in [-0.1, -0.05) is 22.0 Å². The molecule has 18 heavy (non-hydrogen) atoms. The number of alkyl halides is 1. The van der Waals surface area contributed by atoms with Gasteiger partial charge in [-0.25, -0.2) is 8.78 Å². The highest BCUT2D eigenvalue weighted by atomic mass is 79.9. The van der Waals surface area contributed by atoms with E-state index in [0.29, 0.717) is 4.83 Å². The Kier molecular flexibility index (Phi) is 4.32. The standard InChI is InChI=1S/C13H14BrF2NO/c14-8-4-6-9(7-5-8)17-13(18)12-10(15)2-1-3-11(12)16/h1-3,8-9H,4-7H2,(H,17,18). The lowest BCUT2D eigenvalue weighted by molar-refractivity contribution is 0.0919. The number of halogens is 3. The topological polar surface area (TPSA) is 29.1 Å². The molecule has 5 heteroatoms. The second kappa shape index (κ2) is 5.78. The molecule has 0 bridgehead atoms. The molecule has 1 aliphatic rings. The third-order valence-corrected chi connectivity index (χ3v) is 4.10. The van der Waals surface area contributed by atoms with Gasteiger partial charge >= 0.3 is 0 Å². The molecule has 1 fully saturated rings. The third kappa shape index (κ3) is 3.07. The van der Waals surface area contributed by atoms with Crippen LogP contribution in [-0.2, 0) is 0 Å². The largest absolute Gasteiger partial charge is 0.349 e. The van der Waals surface area contributed by atoms with Crippen molar-refractivity contribution in [1.29, 1.82) is 0 Å². The van der Waals surface area contributed by atoms with E-state index in [1.54, 1.807) is 0 Å². The Bertz CT molecular complexity index is 424. The number of carbonyl (C=O) groups is 1. The lowest BCUT2D eigenvalue weighted by Gasteiger charge is -2.26. The first kappa shape index (κ1) is 13.5. The van der Waals surface area contributed by atoms with E-state index in [4.69, 9.17) is 0 Å². The SMILES string of the molecule is O=C(NC1CCC(Br)CC1)c1c(F)cccc1F. The quantitative estimate of drug-likeness (QED) is 0.832. The van der Waals surface area contributed by atoms with E-state index in [0.717, 1.165) is 37.8 Å². The predicted octanol–water partition coefficient (Wildman–Crippen LogP) is 3.40.